The zero-order valence-corrected chi connectivity index (χ0v) is 23.5. The molecule has 0 saturated carbocycles. The fraction of sp³-hybridized carbons (Fsp3) is 0.406. The third-order valence-electron chi connectivity index (χ3n) is 6.46. The number of carbonyl (C=O) groups is 3. The highest BCUT2D eigenvalue weighted by Crippen LogP contribution is 2.26. The minimum Gasteiger partial charge on any atom is -0.455 e. The van der Waals surface area contributed by atoms with Crippen molar-refractivity contribution in [2.45, 2.75) is 50.8 Å². The molecule has 0 aromatic heterocycles. The van der Waals surface area contributed by atoms with Gasteiger partial charge in [0.2, 0.25) is 11.8 Å². The van der Waals surface area contributed by atoms with Crippen LogP contribution in [0.1, 0.15) is 43.4 Å². The van der Waals surface area contributed by atoms with Gasteiger partial charge in [-0.3, -0.25) is 14.4 Å². The van der Waals surface area contributed by atoms with E-state index in [1.165, 1.54) is 7.11 Å². The van der Waals surface area contributed by atoms with Gasteiger partial charge in [-0.15, -0.1) is 13.2 Å². The summed E-state index contributed by atoms with van der Waals surface area (Å²) in [7, 11) is 1.50. The number of aliphatic hydroxyl groups is 1. The Bertz CT molecular complexity index is 1080. The summed E-state index contributed by atoms with van der Waals surface area (Å²) < 4.78 is 11.5. The monoisotopic (exact) mass is 550 g/mol. The first-order chi connectivity index (χ1) is 19.3. The molecule has 2 aromatic rings. The zero-order chi connectivity index (χ0) is 29.3. The molecule has 8 nitrogen and oxygen atoms in total. The SMILES string of the molecule is C=CC[C@H](CC(=O)N[C@@H](C)CO)C(=O)N[C@@H](COC)[C@@H](OC(=O)[C@@H](CC=C)Cc1ccccc1)c1ccccc1. The maximum absolute atomic E-state index is 13.5. The van der Waals surface area contributed by atoms with Crippen molar-refractivity contribution in [2.75, 3.05) is 20.3 Å². The molecule has 0 aliphatic heterocycles. The van der Waals surface area contributed by atoms with Crippen molar-refractivity contribution in [2.24, 2.45) is 11.8 Å². The summed E-state index contributed by atoms with van der Waals surface area (Å²) in [6.07, 6.45) is 3.53. The number of rotatable bonds is 18. The Hall–Kier alpha value is -3.75. The Morgan fingerprint density at radius 3 is 2.10 bits per heavy atom. The van der Waals surface area contributed by atoms with Crippen molar-refractivity contribution in [3.8, 4) is 0 Å². The molecule has 0 saturated heterocycles. The molecule has 0 radical (unpaired) electrons. The van der Waals surface area contributed by atoms with Gasteiger partial charge < -0.3 is 25.2 Å². The van der Waals surface area contributed by atoms with Crippen LogP contribution in [0, 0.1) is 11.8 Å². The number of allylic oxidation sites excluding steroid dienone is 2. The second kappa shape index (κ2) is 17.8. The van der Waals surface area contributed by atoms with Gasteiger partial charge >= 0.3 is 5.97 Å². The van der Waals surface area contributed by atoms with Crippen LogP contribution in [0.25, 0.3) is 0 Å². The summed E-state index contributed by atoms with van der Waals surface area (Å²) >= 11 is 0. The average molecular weight is 551 g/mol. The molecule has 2 rings (SSSR count). The fourth-order valence-corrected chi connectivity index (χ4v) is 4.38. The fourth-order valence-electron chi connectivity index (χ4n) is 4.38. The highest BCUT2D eigenvalue weighted by molar-refractivity contribution is 5.86. The van der Waals surface area contributed by atoms with E-state index >= 15 is 0 Å². The maximum atomic E-state index is 13.5. The Balaban J connectivity index is 2.29. The summed E-state index contributed by atoms with van der Waals surface area (Å²) in [6.45, 7) is 9.06. The van der Waals surface area contributed by atoms with Crippen LogP contribution in [-0.2, 0) is 30.3 Å². The van der Waals surface area contributed by atoms with Gasteiger partial charge in [-0.25, -0.2) is 0 Å². The van der Waals surface area contributed by atoms with E-state index in [9.17, 15) is 19.5 Å². The van der Waals surface area contributed by atoms with Gasteiger partial charge in [0.15, 0.2) is 0 Å². The lowest BCUT2D eigenvalue weighted by atomic mass is 9.95. The second-order valence-corrected chi connectivity index (χ2v) is 9.83. The standard InChI is InChI=1S/C32H42N2O6/c1-5-13-26(20-29(36)33-23(3)21-35)31(37)34-28(22-39-4)30(25-17-11-8-12-18-25)40-32(38)27(14-6-2)19-24-15-9-7-10-16-24/h5-12,15-18,23,26-28,30,35H,1-2,13-14,19-22H2,3-4H3,(H,33,36)(H,34,37)/t23-,26+,27-,28-,30-/m0/s1. The molecule has 0 unspecified atom stereocenters. The summed E-state index contributed by atoms with van der Waals surface area (Å²) in [5.41, 5.74) is 1.70. The maximum Gasteiger partial charge on any atom is 0.310 e. The number of amides is 2. The first kappa shape index (κ1) is 32.5. The molecule has 0 aliphatic carbocycles. The van der Waals surface area contributed by atoms with Crippen molar-refractivity contribution in [3.63, 3.8) is 0 Å². The van der Waals surface area contributed by atoms with E-state index in [0.29, 0.717) is 18.4 Å². The average Bonchev–Trinajstić information content (AvgIpc) is 2.96. The van der Waals surface area contributed by atoms with Gasteiger partial charge in [-0.05, 0) is 37.3 Å². The number of ether oxygens (including phenoxy) is 2. The van der Waals surface area contributed by atoms with Crippen LogP contribution >= 0.6 is 0 Å². The quantitative estimate of drug-likeness (QED) is 0.192. The van der Waals surface area contributed by atoms with Gasteiger partial charge in [0, 0.05) is 19.6 Å². The van der Waals surface area contributed by atoms with Gasteiger partial charge in [-0.1, -0.05) is 72.8 Å². The molecule has 2 aromatic carbocycles. The van der Waals surface area contributed by atoms with Crippen LogP contribution in [0.3, 0.4) is 0 Å². The molecular formula is C32H42N2O6. The van der Waals surface area contributed by atoms with E-state index in [0.717, 1.165) is 5.56 Å². The van der Waals surface area contributed by atoms with Crippen molar-refractivity contribution in [1.82, 2.24) is 10.6 Å². The Kier molecular flexibility index (Phi) is 14.4. The first-order valence-corrected chi connectivity index (χ1v) is 13.5. The molecule has 0 heterocycles. The number of benzene rings is 2. The number of nitrogens with one attached hydrogen (secondary N) is 2. The van der Waals surface area contributed by atoms with Crippen LogP contribution in [0.5, 0.6) is 0 Å². The van der Waals surface area contributed by atoms with E-state index in [1.54, 1.807) is 19.1 Å². The van der Waals surface area contributed by atoms with Gasteiger partial charge in [0.25, 0.3) is 0 Å². The molecule has 0 aliphatic rings. The van der Waals surface area contributed by atoms with E-state index < -0.39 is 41.9 Å². The topological polar surface area (TPSA) is 114 Å². The van der Waals surface area contributed by atoms with Crippen molar-refractivity contribution in [3.05, 3.63) is 97.1 Å². The number of esters is 1. The van der Waals surface area contributed by atoms with Crippen molar-refractivity contribution in [1.29, 1.82) is 0 Å². The first-order valence-electron chi connectivity index (χ1n) is 13.5. The van der Waals surface area contributed by atoms with Gasteiger partial charge in [-0.2, -0.15) is 0 Å². The Labute approximate surface area is 237 Å². The van der Waals surface area contributed by atoms with Gasteiger partial charge in [0.05, 0.1) is 31.1 Å². The van der Waals surface area contributed by atoms with Crippen LogP contribution < -0.4 is 10.6 Å². The molecule has 216 valence electrons. The lowest BCUT2D eigenvalue weighted by molar-refractivity contribution is -0.158. The zero-order valence-electron chi connectivity index (χ0n) is 23.5. The third-order valence-corrected chi connectivity index (χ3v) is 6.46. The second-order valence-electron chi connectivity index (χ2n) is 9.83. The largest absolute Gasteiger partial charge is 0.455 e. The number of methoxy groups -OCH3 is 1. The Morgan fingerprint density at radius 1 is 0.925 bits per heavy atom. The van der Waals surface area contributed by atoms with E-state index in [1.807, 2.05) is 60.7 Å². The summed E-state index contributed by atoms with van der Waals surface area (Å²) in [5, 5.41) is 14.9. The van der Waals surface area contributed by atoms with Crippen molar-refractivity contribution >= 4 is 17.8 Å². The van der Waals surface area contributed by atoms with E-state index in [-0.39, 0.29) is 32.0 Å². The highest BCUT2D eigenvalue weighted by Gasteiger charge is 2.33. The predicted octanol–water partition coefficient (Wildman–Crippen LogP) is 3.92. The predicted molar refractivity (Wildman–Crippen MR) is 155 cm³/mol. The molecule has 2 amide bonds. The van der Waals surface area contributed by atoms with Crippen molar-refractivity contribution < 1.29 is 29.0 Å². The highest BCUT2D eigenvalue weighted by atomic mass is 16.5. The van der Waals surface area contributed by atoms with E-state index in [4.69, 9.17) is 9.47 Å². The smallest absolute Gasteiger partial charge is 0.310 e. The lowest BCUT2D eigenvalue weighted by Gasteiger charge is -2.30. The molecular weight excluding hydrogens is 508 g/mol. The van der Waals surface area contributed by atoms with Crippen LogP contribution in [-0.4, -0.2) is 55.3 Å². The Morgan fingerprint density at radius 2 is 1.52 bits per heavy atom. The molecule has 0 fully saturated rings. The van der Waals surface area contributed by atoms with Crippen LogP contribution in [0.2, 0.25) is 0 Å². The number of carbonyl (C=O) groups excluding carboxylic acids is 3. The molecule has 8 heteroatoms. The minimum atomic E-state index is -0.840. The number of aliphatic hydroxyl groups excluding tert-OH is 1. The summed E-state index contributed by atoms with van der Waals surface area (Å²) in [5.74, 6) is -2.33. The van der Waals surface area contributed by atoms with Crippen LogP contribution in [0.4, 0.5) is 0 Å². The minimum absolute atomic E-state index is 0.0674. The number of hydrogen-bond acceptors (Lipinski definition) is 6. The molecule has 5 atom stereocenters. The third kappa shape index (κ3) is 10.8. The van der Waals surface area contributed by atoms with E-state index in [2.05, 4.69) is 23.8 Å². The molecule has 0 spiro atoms. The van der Waals surface area contributed by atoms with Gasteiger partial charge in [0.1, 0.15) is 6.10 Å². The normalized spacial score (nSPS) is 14.6. The molecule has 3 N–H and O–H groups in total. The van der Waals surface area contributed by atoms with Crippen LogP contribution in [0.15, 0.2) is 86.0 Å². The summed E-state index contributed by atoms with van der Waals surface area (Å²) in [4.78, 5) is 39.4. The summed E-state index contributed by atoms with van der Waals surface area (Å²) in [6, 6.07) is 17.7. The molecule has 0 bridgehead atoms. The number of hydrogen-bond donors (Lipinski definition) is 3. The molecule has 40 heavy (non-hydrogen) atoms. The lowest BCUT2D eigenvalue weighted by Crippen LogP contribution is -2.47.